The number of benzene rings is 7. The van der Waals surface area contributed by atoms with E-state index in [0.29, 0.717) is 0 Å². The highest BCUT2D eigenvalue weighted by atomic mass is 15.1. The predicted octanol–water partition coefficient (Wildman–Crippen LogP) is 13.0. The summed E-state index contributed by atoms with van der Waals surface area (Å²) in [6.45, 7) is 13.8. The van der Waals surface area contributed by atoms with E-state index in [2.05, 4.69) is 204 Å². The van der Waals surface area contributed by atoms with Gasteiger partial charge in [-0.1, -0.05) is 171 Å². The van der Waals surface area contributed by atoms with E-state index in [-0.39, 0.29) is 17.5 Å². The minimum Gasteiger partial charge on any atom is -0.311 e. The van der Waals surface area contributed by atoms with Crippen molar-refractivity contribution in [1.29, 1.82) is 0 Å². The van der Waals surface area contributed by atoms with Crippen molar-refractivity contribution in [2.24, 2.45) is 11.8 Å². The molecule has 4 fully saturated rings. The third-order valence-corrected chi connectivity index (χ3v) is 15.0. The van der Waals surface area contributed by atoms with Gasteiger partial charge in [0, 0.05) is 17.1 Å². The molecule has 0 amide bonds. The van der Waals surface area contributed by atoms with Gasteiger partial charge in [-0.2, -0.15) is 0 Å². The largest absolute Gasteiger partial charge is 0.311 e. The Bertz CT molecular complexity index is 2500. The first kappa shape index (κ1) is 38.6. The van der Waals surface area contributed by atoms with Crippen LogP contribution in [0.15, 0.2) is 158 Å². The molecule has 0 radical (unpaired) electrons. The highest BCUT2D eigenvalue weighted by molar-refractivity contribution is 6.96. The third-order valence-electron chi connectivity index (χ3n) is 15.0. The lowest BCUT2D eigenvalue weighted by atomic mass is 9.34. The van der Waals surface area contributed by atoms with Gasteiger partial charge in [0.2, 0.25) is 6.71 Å². The van der Waals surface area contributed by atoms with E-state index < -0.39 is 0 Å². The average Bonchev–Trinajstić information content (AvgIpc) is 3.23. The molecule has 1 nitrogen and oxygen atoms in total. The molecule has 298 valence electrons. The van der Waals surface area contributed by atoms with Crippen LogP contribution in [0.5, 0.6) is 0 Å². The summed E-state index contributed by atoms with van der Waals surface area (Å²) in [6.07, 6.45) is 8.01. The Hall–Kier alpha value is -5.60. The first-order valence-corrected chi connectivity index (χ1v) is 22.5. The molecule has 7 aromatic carbocycles. The minimum atomic E-state index is 0.189. The fraction of sp³-hybridized carbons (Fsp3) is 0.276. The second-order valence-electron chi connectivity index (χ2n) is 19.3. The molecule has 0 aromatic heterocycles. The van der Waals surface area contributed by atoms with Crippen molar-refractivity contribution in [3.8, 4) is 11.1 Å². The van der Waals surface area contributed by atoms with Gasteiger partial charge in [0.15, 0.2) is 0 Å². The molecule has 4 aliphatic carbocycles. The van der Waals surface area contributed by atoms with Crippen LogP contribution in [-0.4, -0.2) is 6.71 Å². The lowest BCUT2D eigenvalue weighted by Gasteiger charge is -2.63. The van der Waals surface area contributed by atoms with Crippen molar-refractivity contribution in [3.63, 3.8) is 0 Å². The molecule has 4 saturated carbocycles. The van der Waals surface area contributed by atoms with E-state index >= 15 is 0 Å². The van der Waals surface area contributed by atoms with Crippen LogP contribution in [-0.2, 0) is 10.8 Å². The summed E-state index contributed by atoms with van der Waals surface area (Å²) in [5, 5.41) is 0. The van der Waals surface area contributed by atoms with Crippen molar-refractivity contribution >= 4 is 40.2 Å². The highest BCUT2D eigenvalue weighted by Crippen LogP contribution is 2.66. The summed E-state index contributed by atoms with van der Waals surface area (Å²) in [5.41, 5.74) is 22.2. The summed E-state index contributed by atoms with van der Waals surface area (Å²) in [7, 11) is 0. The van der Waals surface area contributed by atoms with Crippen molar-refractivity contribution in [1.82, 2.24) is 0 Å². The zero-order chi connectivity index (χ0) is 41.2. The molecule has 0 N–H and O–H groups in total. The molecular formula is C58H58BN. The molecule has 2 heteroatoms. The third kappa shape index (κ3) is 6.83. The second-order valence-corrected chi connectivity index (χ2v) is 19.3. The second kappa shape index (κ2) is 15.1. The fourth-order valence-electron chi connectivity index (χ4n) is 13.2. The Morgan fingerprint density at radius 3 is 1.22 bits per heavy atom. The van der Waals surface area contributed by atoms with E-state index in [9.17, 15) is 0 Å². The van der Waals surface area contributed by atoms with Gasteiger partial charge >= 0.3 is 0 Å². The maximum atomic E-state index is 2.51. The summed E-state index contributed by atoms with van der Waals surface area (Å²) in [5.74, 6) is 1.61. The molecule has 7 aromatic rings. The first-order chi connectivity index (χ1) is 29.1. The molecule has 2 atom stereocenters. The van der Waals surface area contributed by atoms with Crippen molar-refractivity contribution in [2.45, 2.75) is 90.9 Å². The van der Waals surface area contributed by atoms with Crippen LogP contribution < -0.4 is 21.3 Å². The smallest absolute Gasteiger partial charge is 0.242 e. The number of hydrogen-bond donors (Lipinski definition) is 0. The van der Waals surface area contributed by atoms with Crippen molar-refractivity contribution in [3.05, 3.63) is 202 Å². The molecule has 2 unspecified atom stereocenters. The van der Waals surface area contributed by atoms with Gasteiger partial charge in [-0.15, -0.1) is 0 Å². The Labute approximate surface area is 359 Å². The Morgan fingerprint density at radius 1 is 0.433 bits per heavy atom. The monoisotopic (exact) mass is 779 g/mol. The van der Waals surface area contributed by atoms with Crippen molar-refractivity contribution < 1.29 is 0 Å². The molecular weight excluding hydrogens is 721 g/mol. The summed E-state index contributed by atoms with van der Waals surface area (Å²) >= 11 is 0. The van der Waals surface area contributed by atoms with Crippen LogP contribution in [0.25, 0.3) is 11.1 Å². The van der Waals surface area contributed by atoms with Gasteiger partial charge in [-0.3, -0.25) is 0 Å². The molecule has 0 heterocycles. The lowest BCUT2D eigenvalue weighted by molar-refractivity contribution is -0.0281. The standard InChI is InChI=1S/C58H58BN/c1-39-29-41(3)55(42(4)30-39)59(56-43(5)31-40(2)32-44(56)6)51-25-19-48(20-26-51)47-17-21-49(22-18-47)57-34-45-33-46(35-57)37-58(36-45,38-57)50-23-27-54(28-24-50)60(52-13-9-7-10-14-52)53-15-11-8-12-16-53/h7-32,45-46H,33-38H2,1-6H3. The van der Waals surface area contributed by atoms with Crippen LogP contribution in [0.1, 0.15) is 83.0 Å². The van der Waals surface area contributed by atoms with Gasteiger partial charge in [0.25, 0.3) is 0 Å². The summed E-state index contributed by atoms with van der Waals surface area (Å²) in [6, 6.07) is 60.1. The Kier molecular flexibility index (Phi) is 9.74. The van der Waals surface area contributed by atoms with Gasteiger partial charge in [-0.05, 0) is 161 Å². The number of aryl methyl sites for hydroxylation is 6. The number of hydrogen-bond acceptors (Lipinski definition) is 1. The predicted molar refractivity (Wildman–Crippen MR) is 257 cm³/mol. The minimum absolute atomic E-state index is 0.189. The number of para-hydroxylation sites is 2. The Balaban J connectivity index is 0.937. The van der Waals surface area contributed by atoms with E-state index in [1.807, 2.05) is 0 Å². The molecule has 0 aliphatic heterocycles. The zero-order valence-corrected chi connectivity index (χ0v) is 36.4. The molecule has 11 rings (SSSR count). The van der Waals surface area contributed by atoms with Crippen LogP contribution in [0.3, 0.4) is 0 Å². The fourth-order valence-corrected chi connectivity index (χ4v) is 13.2. The van der Waals surface area contributed by atoms with Crippen LogP contribution >= 0.6 is 0 Å². The van der Waals surface area contributed by atoms with Crippen molar-refractivity contribution in [2.75, 3.05) is 4.90 Å². The SMILES string of the molecule is Cc1cc(C)c(B(c2ccc(-c3ccc(C45CC6CC(C4)CC(c4ccc(N(c7ccccc7)c7ccccc7)cc4)(C6)C5)cc3)cc2)c2c(C)cc(C)cc2C)c(C)c1. The van der Waals surface area contributed by atoms with E-state index in [1.54, 1.807) is 11.1 Å². The van der Waals surface area contributed by atoms with E-state index in [0.717, 1.165) is 11.8 Å². The molecule has 0 saturated heterocycles. The summed E-state index contributed by atoms with van der Waals surface area (Å²) < 4.78 is 0. The normalized spacial score (nSPS) is 21.6. The van der Waals surface area contributed by atoms with E-state index in [4.69, 9.17) is 0 Å². The first-order valence-electron chi connectivity index (χ1n) is 22.5. The van der Waals surface area contributed by atoms with Crippen LogP contribution in [0, 0.1) is 53.4 Å². The van der Waals surface area contributed by atoms with Gasteiger partial charge in [-0.25, -0.2) is 0 Å². The van der Waals surface area contributed by atoms with Crippen LogP contribution in [0.2, 0.25) is 0 Å². The number of nitrogens with zero attached hydrogens (tertiary/aromatic N) is 1. The molecule has 4 aliphatic rings. The maximum absolute atomic E-state index is 2.51. The number of rotatable bonds is 9. The molecule has 4 bridgehead atoms. The average molecular weight is 780 g/mol. The lowest BCUT2D eigenvalue weighted by Crippen LogP contribution is -2.55. The maximum Gasteiger partial charge on any atom is 0.242 e. The summed E-state index contributed by atoms with van der Waals surface area (Å²) in [4.78, 5) is 2.39. The highest BCUT2D eigenvalue weighted by Gasteiger charge is 2.58. The Morgan fingerprint density at radius 2 is 0.800 bits per heavy atom. The van der Waals surface area contributed by atoms with Gasteiger partial charge in [0.05, 0.1) is 0 Å². The van der Waals surface area contributed by atoms with Crippen LogP contribution in [0.4, 0.5) is 17.1 Å². The van der Waals surface area contributed by atoms with Gasteiger partial charge in [0.1, 0.15) is 0 Å². The van der Waals surface area contributed by atoms with E-state index in [1.165, 1.54) is 116 Å². The molecule has 0 spiro atoms. The topological polar surface area (TPSA) is 3.24 Å². The molecule has 60 heavy (non-hydrogen) atoms. The van der Waals surface area contributed by atoms with Gasteiger partial charge < -0.3 is 4.90 Å². The number of anilines is 3. The quantitative estimate of drug-likeness (QED) is 0.132. The zero-order valence-electron chi connectivity index (χ0n) is 36.4.